The highest BCUT2D eigenvalue weighted by Gasteiger charge is 2.02. The molecule has 1 atom stereocenters. The van der Waals surface area contributed by atoms with E-state index in [2.05, 4.69) is 13.8 Å². The fourth-order valence-electron chi connectivity index (χ4n) is 1.92. The highest BCUT2D eigenvalue weighted by molar-refractivity contribution is 4.56. The summed E-state index contributed by atoms with van der Waals surface area (Å²) in [5, 5.41) is 9.62. The predicted octanol–water partition coefficient (Wildman–Crippen LogP) is 4.68. The van der Waals surface area contributed by atoms with E-state index in [1.165, 1.54) is 57.8 Å². The van der Waals surface area contributed by atoms with Gasteiger partial charge in [0, 0.05) is 0 Å². The van der Waals surface area contributed by atoms with Crippen LogP contribution >= 0.6 is 0 Å². The molecular weight excluding hydrogens is 184 g/mol. The molecule has 0 unspecified atom stereocenters. The second-order valence-electron chi connectivity index (χ2n) is 4.71. The van der Waals surface area contributed by atoms with Crippen LogP contribution in [-0.2, 0) is 0 Å². The van der Waals surface area contributed by atoms with E-state index in [0.717, 1.165) is 12.8 Å². The summed E-state index contributed by atoms with van der Waals surface area (Å²) in [6.45, 7) is 4.44. The number of aliphatic hydroxyl groups is 1. The minimum absolute atomic E-state index is 0.0272. The molecule has 0 aromatic carbocycles. The van der Waals surface area contributed by atoms with Crippen LogP contribution in [0.1, 0.15) is 84.5 Å². The van der Waals surface area contributed by atoms with Gasteiger partial charge in [0.15, 0.2) is 0 Å². The van der Waals surface area contributed by atoms with Gasteiger partial charge in [-0.05, 0) is 12.8 Å². The fraction of sp³-hybridized carbons (Fsp3) is 1.00. The largest absolute Gasteiger partial charge is 0.393 e. The lowest BCUT2D eigenvalue weighted by molar-refractivity contribution is 0.148. The van der Waals surface area contributed by atoms with Crippen molar-refractivity contribution in [3.63, 3.8) is 0 Å². The zero-order chi connectivity index (χ0) is 11.4. The molecule has 0 bridgehead atoms. The van der Waals surface area contributed by atoms with Crippen molar-refractivity contribution in [3.05, 3.63) is 0 Å². The molecule has 0 aliphatic rings. The van der Waals surface area contributed by atoms with Gasteiger partial charge in [-0.1, -0.05) is 71.6 Å². The Morgan fingerprint density at radius 1 is 0.667 bits per heavy atom. The second-order valence-corrected chi connectivity index (χ2v) is 4.71. The number of aliphatic hydroxyl groups excluding tert-OH is 1. The Kier molecular flexibility index (Phi) is 12.0. The molecule has 0 amide bonds. The molecule has 1 heteroatoms. The Labute approximate surface area is 96.3 Å². The van der Waals surface area contributed by atoms with Crippen molar-refractivity contribution in [2.45, 2.75) is 90.6 Å². The molecule has 0 saturated heterocycles. The number of hydrogen-bond acceptors (Lipinski definition) is 1. The summed E-state index contributed by atoms with van der Waals surface area (Å²) in [7, 11) is 0. The third-order valence-electron chi connectivity index (χ3n) is 3.03. The van der Waals surface area contributed by atoms with Crippen LogP contribution in [-0.4, -0.2) is 11.2 Å². The lowest BCUT2D eigenvalue weighted by Gasteiger charge is -2.09. The molecule has 0 fully saturated rings. The first-order valence-corrected chi connectivity index (χ1v) is 6.99. The van der Waals surface area contributed by atoms with Gasteiger partial charge >= 0.3 is 0 Å². The van der Waals surface area contributed by atoms with Gasteiger partial charge in [-0.25, -0.2) is 0 Å². The van der Waals surface area contributed by atoms with E-state index < -0.39 is 0 Å². The van der Waals surface area contributed by atoms with E-state index in [1.807, 2.05) is 0 Å². The van der Waals surface area contributed by atoms with Crippen LogP contribution in [0.15, 0.2) is 0 Å². The minimum Gasteiger partial charge on any atom is -0.393 e. The van der Waals surface area contributed by atoms with Crippen LogP contribution in [0.5, 0.6) is 0 Å². The first-order chi connectivity index (χ1) is 7.31. The Morgan fingerprint density at radius 3 is 1.73 bits per heavy atom. The summed E-state index contributed by atoms with van der Waals surface area (Å²) in [6.07, 6.45) is 13.8. The molecular formula is C14H30O. The lowest BCUT2D eigenvalue weighted by Crippen LogP contribution is -2.05. The molecule has 0 aromatic heterocycles. The zero-order valence-corrected chi connectivity index (χ0v) is 10.8. The van der Waals surface area contributed by atoms with E-state index in [4.69, 9.17) is 0 Å². The molecule has 0 radical (unpaired) electrons. The van der Waals surface area contributed by atoms with Crippen molar-refractivity contribution in [3.8, 4) is 0 Å². The molecule has 0 heterocycles. The molecule has 0 aromatic rings. The van der Waals surface area contributed by atoms with E-state index >= 15 is 0 Å². The molecule has 1 nitrogen and oxygen atoms in total. The Hall–Kier alpha value is -0.0400. The lowest BCUT2D eigenvalue weighted by atomic mass is 10.0. The summed E-state index contributed by atoms with van der Waals surface area (Å²) in [4.78, 5) is 0. The first kappa shape index (κ1) is 15.0. The van der Waals surface area contributed by atoms with Gasteiger partial charge in [-0.15, -0.1) is 0 Å². The Morgan fingerprint density at radius 2 is 1.13 bits per heavy atom. The SMILES string of the molecule is CCCCCCCCC[C@H](O)CCCC. The van der Waals surface area contributed by atoms with Crippen molar-refractivity contribution >= 4 is 0 Å². The Balaban J connectivity index is 3.02. The van der Waals surface area contributed by atoms with Crippen molar-refractivity contribution in [2.24, 2.45) is 0 Å². The van der Waals surface area contributed by atoms with E-state index in [1.54, 1.807) is 0 Å². The summed E-state index contributed by atoms with van der Waals surface area (Å²) >= 11 is 0. The number of unbranched alkanes of at least 4 members (excludes halogenated alkanes) is 7. The standard InChI is InChI=1S/C14H30O/c1-3-5-7-8-9-10-11-13-14(15)12-6-4-2/h14-15H,3-13H2,1-2H3/t14-/m1/s1. The van der Waals surface area contributed by atoms with E-state index in [-0.39, 0.29) is 6.10 Å². The molecule has 92 valence electrons. The van der Waals surface area contributed by atoms with E-state index in [0.29, 0.717) is 0 Å². The van der Waals surface area contributed by atoms with Gasteiger partial charge in [-0.3, -0.25) is 0 Å². The number of rotatable bonds is 11. The second kappa shape index (κ2) is 12.0. The van der Waals surface area contributed by atoms with Gasteiger partial charge in [0.25, 0.3) is 0 Å². The maximum absolute atomic E-state index is 9.62. The van der Waals surface area contributed by atoms with Crippen LogP contribution in [0, 0.1) is 0 Å². The minimum atomic E-state index is -0.0272. The smallest absolute Gasteiger partial charge is 0.0540 e. The molecule has 1 N–H and O–H groups in total. The maximum Gasteiger partial charge on any atom is 0.0540 e. The quantitative estimate of drug-likeness (QED) is 0.495. The maximum atomic E-state index is 9.62. The van der Waals surface area contributed by atoms with Gasteiger partial charge in [0.2, 0.25) is 0 Å². The zero-order valence-electron chi connectivity index (χ0n) is 10.8. The average Bonchev–Trinajstić information content (AvgIpc) is 2.25. The van der Waals surface area contributed by atoms with Crippen molar-refractivity contribution in [1.29, 1.82) is 0 Å². The monoisotopic (exact) mass is 214 g/mol. The highest BCUT2D eigenvalue weighted by Crippen LogP contribution is 2.12. The van der Waals surface area contributed by atoms with Gasteiger partial charge < -0.3 is 5.11 Å². The van der Waals surface area contributed by atoms with Gasteiger partial charge in [0.1, 0.15) is 0 Å². The van der Waals surface area contributed by atoms with Crippen LogP contribution in [0.4, 0.5) is 0 Å². The topological polar surface area (TPSA) is 20.2 Å². The normalized spacial score (nSPS) is 13.0. The van der Waals surface area contributed by atoms with Crippen molar-refractivity contribution in [2.75, 3.05) is 0 Å². The third-order valence-corrected chi connectivity index (χ3v) is 3.03. The van der Waals surface area contributed by atoms with Crippen LogP contribution in [0.25, 0.3) is 0 Å². The number of hydrogen-bond donors (Lipinski definition) is 1. The molecule has 0 spiro atoms. The summed E-state index contributed by atoms with van der Waals surface area (Å²) in [6, 6.07) is 0. The first-order valence-electron chi connectivity index (χ1n) is 6.99. The fourth-order valence-corrected chi connectivity index (χ4v) is 1.92. The third kappa shape index (κ3) is 11.9. The molecule has 0 aliphatic carbocycles. The molecule has 15 heavy (non-hydrogen) atoms. The Bertz CT molecular complexity index is 112. The van der Waals surface area contributed by atoms with E-state index in [9.17, 15) is 5.11 Å². The summed E-state index contributed by atoms with van der Waals surface area (Å²) in [5.41, 5.74) is 0. The molecule has 0 aliphatic heterocycles. The molecule has 0 rings (SSSR count). The predicted molar refractivity (Wildman–Crippen MR) is 68.1 cm³/mol. The van der Waals surface area contributed by atoms with Crippen LogP contribution in [0.3, 0.4) is 0 Å². The van der Waals surface area contributed by atoms with Crippen molar-refractivity contribution in [1.82, 2.24) is 0 Å². The summed E-state index contributed by atoms with van der Waals surface area (Å²) < 4.78 is 0. The van der Waals surface area contributed by atoms with Gasteiger partial charge in [-0.2, -0.15) is 0 Å². The van der Waals surface area contributed by atoms with Crippen LogP contribution in [0.2, 0.25) is 0 Å². The molecule has 0 saturated carbocycles. The highest BCUT2D eigenvalue weighted by atomic mass is 16.3. The average molecular weight is 214 g/mol. The van der Waals surface area contributed by atoms with Crippen LogP contribution < -0.4 is 0 Å². The summed E-state index contributed by atoms with van der Waals surface area (Å²) in [5.74, 6) is 0. The van der Waals surface area contributed by atoms with Crippen molar-refractivity contribution < 1.29 is 5.11 Å². The van der Waals surface area contributed by atoms with Gasteiger partial charge in [0.05, 0.1) is 6.10 Å².